The molecule has 0 amide bonds. The van der Waals surface area contributed by atoms with Crippen LogP contribution in [0.3, 0.4) is 0 Å². The minimum absolute atomic E-state index is 0.0438. The first-order valence-corrected chi connectivity index (χ1v) is 3.81. The van der Waals surface area contributed by atoms with E-state index in [-0.39, 0.29) is 5.56 Å². The van der Waals surface area contributed by atoms with Crippen LogP contribution < -0.4 is 5.73 Å². The zero-order chi connectivity index (χ0) is 10.8. The van der Waals surface area contributed by atoms with E-state index in [0.717, 1.165) is 18.5 Å². The summed E-state index contributed by atoms with van der Waals surface area (Å²) in [6, 6.07) is -0.318. The van der Waals surface area contributed by atoms with Crippen LogP contribution in [0.4, 0.5) is 17.6 Å². The van der Waals surface area contributed by atoms with Gasteiger partial charge in [-0.15, -0.1) is 0 Å². The van der Waals surface area contributed by atoms with Crippen LogP contribution in [0.1, 0.15) is 18.0 Å². The van der Waals surface area contributed by atoms with E-state index in [1.165, 1.54) is 0 Å². The number of alkyl halides is 3. The maximum atomic E-state index is 12.6. The molecule has 0 saturated carbocycles. The summed E-state index contributed by atoms with van der Waals surface area (Å²) in [5, 5.41) is 0. The smallest absolute Gasteiger partial charge is 0.324 e. The van der Waals surface area contributed by atoms with Crippen molar-refractivity contribution in [2.45, 2.75) is 18.6 Å². The summed E-state index contributed by atoms with van der Waals surface area (Å²) in [5.41, 5.74) is 5.27. The highest BCUT2D eigenvalue weighted by Gasteiger charge is 2.31. The number of nitrogens with two attached hydrogens (primary N) is 1. The van der Waals surface area contributed by atoms with Crippen molar-refractivity contribution >= 4 is 0 Å². The van der Waals surface area contributed by atoms with Crippen molar-refractivity contribution in [3.8, 4) is 0 Å². The summed E-state index contributed by atoms with van der Waals surface area (Å²) in [7, 11) is 0. The fraction of sp³-hybridized carbons (Fsp3) is 0.375. The maximum Gasteiger partial charge on any atom is 0.390 e. The number of aromatic nitrogens is 1. The molecule has 0 bridgehead atoms. The second-order valence-electron chi connectivity index (χ2n) is 2.86. The van der Waals surface area contributed by atoms with Gasteiger partial charge in [-0.1, -0.05) is 0 Å². The van der Waals surface area contributed by atoms with Crippen LogP contribution >= 0.6 is 0 Å². The molecule has 0 spiro atoms. The van der Waals surface area contributed by atoms with E-state index >= 15 is 0 Å². The van der Waals surface area contributed by atoms with Gasteiger partial charge in [0.15, 0.2) is 0 Å². The van der Waals surface area contributed by atoms with Gasteiger partial charge < -0.3 is 5.73 Å². The molecule has 78 valence electrons. The monoisotopic (exact) mass is 208 g/mol. The van der Waals surface area contributed by atoms with Gasteiger partial charge in [-0.2, -0.15) is 13.2 Å². The fourth-order valence-corrected chi connectivity index (χ4v) is 0.998. The van der Waals surface area contributed by atoms with Crippen molar-refractivity contribution in [1.82, 2.24) is 4.98 Å². The second kappa shape index (κ2) is 3.91. The molecule has 2 N–H and O–H groups in total. The minimum atomic E-state index is -4.36. The van der Waals surface area contributed by atoms with Crippen molar-refractivity contribution < 1.29 is 17.6 Å². The largest absolute Gasteiger partial charge is 0.390 e. The molecule has 0 aliphatic carbocycles. The van der Waals surface area contributed by atoms with Crippen molar-refractivity contribution in [1.29, 1.82) is 0 Å². The molecule has 0 aromatic carbocycles. The molecule has 0 aliphatic heterocycles. The third-order valence-electron chi connectivity index (χ3n) is 1.61. The third-order valence-corrected chi connectivity index (χ3v) is 1.61. The molecule has 0 aliphatic rings. The Bertz CT molecular complexity index is 310. The van der Waals surface area contributed by atoms with Crippen LogP contribution in [-0.2, 0) is 0 Å². The lowest BCUT2D eigenvalue weighted by Crippen LogP contribution is -2.20. The molecule has 0 fully saturated rings. The average molecular weight is 208 g/mol. The molecule has 6 heteroatoms. The zero-order valence-corrected chi connectivity index (χ0v) is 7.05. The molecule has 0 saturated heterocycles. The highest BCUT2D eigenvalue weighted by molar-refractivity contribution is 5.14. The van der Waals surface area contributed by atoms with Gasteiger partial charge in [0.25, 0.3) is 0 Å². The van der Waals surface area contributed by atoms with Gasteiger partial charge in [0.1, 0.15) is 5.82 Å². The lowest BCUT2D eigenvalue weighted by atomic mass is 10.1. The second-order valence-corrected chi connectivity index (χ2v) is 2.86. The lowest BCUT2D eigenvalue weighted by Gasteiger charge is -2.13. The van der Waals surface area contributed by atoms with Crippen LogP contribution in [0.15, 0.2) is 18.5 Å². The average Bonchev–Trinajstić information content (AvgIpc) is 2.01. The highest BCUT2D eigenvalue weighted by atomic mass is 19.4. The first-order valence-electron chi connectivity index (χ1n) is 3.81. The molecular formula is C8H8F4N2. The van der Waals surface area contributed by atoms with Crippen molar-refractivity contribution in [3.63, 3.8) is 0 Å². The molecule has 1 aromatic rings. The first-order chi connectivity index (χ1) is 6.38. The number of nitrogens with zero attached hydrogens (tertiary/aromatic N) is 1. The molecule has 0 radical (unpaired) electrons. The van der Waals surface area contributed by atoms with Crippen LogP contribution in [-0.4, -0.2) is 11.2 Å². The molecule has 1 aromatic heterocycles. The van der Waals surface area contributed by atoms with Gasteiger partial charge >= 0.3 is 6.18 Å². The molecule has 1 heterocycles. The van der Waals surface area contributed by atoms with E-state index in [0.29, 0.717) is 0 Å². The highest BCUT2D eigenvalue weighted by Crippen LogP contribution is 2.27. The molecule has 2 nitrogen and oxygen atoms in total. The van der Waals surface area contributed by atoms with Crippen LogP contribution in [0, 0.1) is 5.82 Å². The lowest BCUT2D eigenvalue weighted by molar-refractivity contribution is -0.138. The van der Waals surface area contributed by atoms with Gasteiger partial charge in [-0.05, 0) is 11.6 Å². The molecule has 1 rings (SSSR count). The fourth-order valence-electron chi connectivity index (χ4n) is 0.998. The van der Waals surface area contributed by atoms with E-state index in [9.17, 15) is 17.6 Å². The van der Waals surface area contributed by atoms with Gasteiger partial charge in [-0.25, -0.2) is 4.39 Å². The number of hydrogen-bond donors (Lipinski definition) is 1. The Labute approximate surface area is 77.7 Å². The number of halogens is 4. The van der Waals surface area contributed by atoms with Crippen LogP contribution in [0.5, 0.6) is 0 Å². The first kappa shape index (κ1) is 10.9. The predicted molar refractivity (Wildman–Crippen MR) is 41.8 cm³/mol. The van der Waals surface area contributed by atoms with E-state index < -0.39 is 24.5 Å². The Balaban J connectivity index is 2.74. The van der Waals surface area contributed by atoms with Crippen molar-refractivity contribution in [2.75, 3.05) is 0 Å². The van der Waals surface area contributed by atoms with Gasteiger partial charge in [0.05, 0.1) is 12.6 Å². The van der Waals surface area contributed by atoms with Gasteiger partial charge in [0.2, 0.25) is 0 Å². The van der Waals surface area contributed by atoms with Crippen LogP contribution in [0.2, 0.25) is 0 Å². The van der Waals surface area contributed by atoms with Crippen molar-refractivity contribution in [3.05, 3.63) is 29.8 Å². The summed E-state index contributed by atoms with van der Waals surface area (Å²) in [6.45, 7) is 0. The summed E-state index contributed by atoms with van der Waals surface area (Å²) >= 11 is 0. The van der Waals surface area contributed by atoms with Gasteiger partial charge in [0, 0.05) is 12.2 Å². The third kappa shape index (κ3) is 3.29. The number of hydrogen-bond acceptors (Lipinski definition) is 2. The summed E-state index contributed by atoms with van der Waals surface area (Å²) in [5.74, 6) is -0.694. The number of rotatable bonds is 2. The Morgan fingerprint density at radius 1 is 1.36 bits per heavy atom. The van der Waals surface area contributed by atoms with Gasteiger partial charge in [-0.3, -0.25) is 4.98 Å². The molecule has 1 atom stereocenters. The number of pyridine rings is 1. The quantitative estimate of drug-likeness (QED) is 0.756. The summed E-state index contributed by atoms with van der Waals surface area (Å²) in [6.07, 6.45) is -3.51. The Morgan fingerprint density at radius 2 is 2.00 bits per heavy atom. The standard InChI is InChI=1S/C8H8F4N2/c9-6-1-5(3-14-4-6)7(13)2-8(10,11)12/h1,3-4,7H,2,13H2/t7-/m0/s1. The van der Waals surface area contributed by atoms with Crippen LogP contribution in [0.25, 0.3) is 0 Å². The van der Waals surface area contributed by atoms with E-state index in [2.05, 4.69) is 4.98 Å². The zero-order valence-electron chi connectivity index (χ0n) is 7.05. The Kier molecular flexibility index (Phi) is 3.05. The van der Waals surface area contributed by atoms with Crippen molar-refractivity contribution in [2.24, 2.45) is 5.73 Å². The molecule has 0 unspecified atom stereocenters. The topological polar surface area (TPSA) is 38.9 Å². The van der Waals surface area contributed by atoms with E-state index in [4.69, 9.17) is 5.73 Å². The maximum absolute atomic E-state index is 12.6. The molecule has 14 heavy (non-hydrogen) atoms. The summed E-state index contributed by atoms with van der Waals surface area (Å²) < 4.78 is 48.3. The normalized spacial score (nSPS) is 14.1. The van der Waals surface area contributed by atoms with E-state index in [1.807, 2.05) is 0 Å². The Hall–Kier alpha value is -1.17. The van der Waals surface area contributed by atoms with E-state index in [1.54, 1.807) is 0 Å². The minimum Gasteiger partial charge on any atom is -0.324 e. The molecular weight excluding hydrogens is 200 g/mol. The Morgan fingerprint density at radius 3 is 2.50 bits per heavy atom. The summed E-state index contributed by atoms with van der Waals surface area (Å²) in [4.78, 5) is 3.41. The SMILES string of the molecule is N[C@@H](CC(F)(F)F)c1cncc(F)c1. The predicted octanol–water partition coefficient (Wildman–Crippen LogP) is 2.17.